The van der Waals surface area contributed by atoms with Crippen LogP contribution in [-0.4, -0.2) is 31.9 Å². The average molecular weight is 286 g/mol. The molecule has 1 aliphatic heterocycles. The number of halogens is 1. The summed E-state index contributed by atoms with van der Waals surface area (Å²) in [7, 11) is -3.69. The molecule has 1 aromatic carbocycles. The van der Waals surface area contributed by atoms with Crippen LogP contribution in [0.3, 0.4) is 0 Å². The molecular formula is C11H12ClN3O2S. The van der Waals surface area contributed by atoms with Crippen LogP contribution in [-0.2, 0) is 10.0 Å². The van der Waals surface area contributed by atoms with Gasteiger partial charge in [0, 0.05) is 19.1 Å². The summed E-state index contributed by atoms with van der Waals surface area (Å²) in [4.78, 5) is -0.0494. The highest BCUT2D eigenvalue weighted by atomic mass is 35.5. The normalized spacial score (nSPS) is 20.8. The molecule has 2 rings (SSSR count). The Morgan fingerprint density at radius 3 is 2.78 bits per heavy atom. The number of nitrogens with two attached hydrogens (primary N) is 1. The van der Waals surface area contributed by atoms with Gasteiger partial charge in [0.05, 0.1) is 10.6 Å². The van der Waals surface area contributed by atoms with Gasteiger partial charge in [0.1, 0.15) is 11.0 Å². The summed E-state index contributed by atoms with van der Waals surface area (Å²) >= 11 is 5.84. The van der Waals surface area contributed by atoms with E-state index in [0.29, 0.717) is 13.0 Å². The van der Waals surface area contributed by atoms with Gasteiger partial charge in [-0.2, -0.15) is 9.57 Å². The molecular weight excluding hydrogens is 274 g/mol. The van der Waals surface area contributed by atoms with E-state index >= 15 is 0 Å². The molecule has 96 valence electrons. The van der Waals surface area contributed by atoms with Crippen molar-refractivity contribution < 1.29 is 8.42 Å². The van der Waals surface area contributed by atoms with Gasteiger partial charge < -0.3 is 5.73 Å². The van der Waals surface area contributed by atoms with Crippen molar-refractivity contribution in [2.24, 2.45) is 5.73 Å². The Labute approximate surface area is 111 Å². The molecule has 1 atom stereocenters. The van der Waals surface area contributed by atoms with Crippen molar-refractivity contribution >= 4 is 21.6 Å². The lowest BCUT2D eigenvalue weighted by Crippen LogP contribution is -2.32. The summed E-state index contributed by atoms with van der Waals surface area (Å²) in [6.07, 6.45) is 0.627. The molecule has 1 heterocycles. The highest BCUT2D eigenvalue weighted by Gasteiger charge is 2.32. The monoisotopic (exact) mass is 285 g/mol. The van der Waals surface area contributed by atoms with E-state index in [2.05, 4.69) is 0 Å². The maximum absolute atomic E-state index is 12.4. The van der Waals surface area contributed by atoms with Crippen molar-refractivity contribution in [3.8, 4) is 6.07 Å². The predicted octanol–water partition coefficient (Wildman–Crippen LogP) is 0.933. The first kappa shape index (κ1) is 13.3. The summed E-state index contributed by atoms with van der Waals surface area (Å²) in [5.74, 6) is 0. The van der Waals surface area contributed by atoms with E-state index in [9.17, 15) is 8.42 Å². The van der Waals surface area contributed by atoms with Crippen LogP contribution in [0.25, 0.3) is 0 Å². The highest BCUT2D eigenvalue weighted by molar-refractivity contribution is 7.89. The third-order valence-corrected chi connectivity index (χ3v) is 5.11. The summed E-state index contributed by atoms with van der Waals surface area (Å²) in [6, 6.07) is 6.09. The van der Waals surface area contributed by atoms with Crippen molar-refractivity contribution in [2.45, 2.75) is 17.4 Å². The van der Waals surface area contributed by atoms with Gasteiger partial charge in [-0.15, -0.1) is 0 Å². The highest BCUT2D eigenvalue weighted by Crippen LogP contribution is 2.27. The summed E-state index contributed by atoms with van der Waals surface area (Å²) < 4.78 is 26.0. The van der Waals surface area contributed by atoms with Crippen LogP contribution < -0.4 is 5.73 Å². The zero-order valence-corrected chi connectivity index (χ0v) is 11.1. The molecule has 0 aliphatic carbocycles. The molecule has 0 amide bonds. The maximum Gasteiger partial charge on any atom is 0.244 e. The zero-order chi connectivity index (χ0) is 13.3. The van der Waals surface area contributed by atoms with Gasteiger partial charge in [-0.3, -0.25) is 0 Å². The third-order valence-electron chi connectivity index (χ3n) is 2.89. The number of nitriles is 1. The minimum atomic E-state index is -3.69. The van der Waals surface area contributed by atoms with Crippen molar-refractivity contribution in [1.29, 1.82) is 5.26 Å². The smallest absolute Gasteiger partial charge is 0.244 e. The van der Waals surface area contributed by atoms with Crippen LogP contribution >= 0.6 is 11.6 Å². The largest absolute Gasteiger partial charge is 0.326 e. The van der Waals surface area contributed by atoms with Crippen molar-refractivity contribution in [3.05, 3.63) is 28.8 Å². The molecule has 7 heteroatoms. The van der Waals surface area contributed by atoms with Crippen LogP contribution in [0, 0.1) is 11.3 Å². The van der Waals surface area contributed by atoms with Gasteiger partial charge in [-0.1, -0.05) is 17.7 Å². The maximum atomic E-state index is 12.4. The summed E-state index contributed by atoms with van der Waals surface area (Å²) in [6.45, 7) is 0.653. The number of nitrogens with zero attached hydrogens (tertiary/aromatic N) is 2. The molecule has 5 nitrogen and oxygen atoms in total. The van der Waals surface area contributed by atoms with E-state index in [-0.39, 0.29) is 28.1 Å². The Bertz CT molecular complexity index is 609. The third kappa shape index (κ3) is 2.22. The molecule has 0 aromatic heterocycles. The first-order valence-electron chi connectivity index (χ1n) is 5.41. The topological polar surface area (TPSA) is 87.2 Å². The number of benzene rings is 1. The molecule has 1 aliphatic rings. The minimum Gasteiger partial charge on any atom is -0.326 e. The Morgan fingerprint density at radius 1 is 1.50 bits per heavy atom. The number of hydrogen-bond donors (Lipinski definition) is 1. The number of hydrogen-bond acceptors (Lipinski definition) is 4. The lowest BCUT2D eigenvalue weighted by molar-refractivity contribution is 0.472. The molecule has 0 unspecified atom stereocenters. The first-order chi connectivity index (χ1) is 8.46. The molecule has 1 fully saturated rings. The van der Waals surface area contributed by atoms with Gasteiger partial charge in [-0.05, 0) is 18.6 Å². The first-order valence-corrected chi connectivity index (χ1v) is 7.23. The predicted molar refractivity (Wildman–Crippen MR) is 67.5 cm³/mol. The van der Waals surface area contributed by atoms with Crippen LogP contribution in [0.15, 0.2) is 23.1 Å². The Kier molecular flexibility index (Phi) is 3.59. The number of rotatable bonds is 2. The van der Waals surface area contributed by atoms with Crippen LogP contribution in [0.4, 0.5) is 0 Å². The molecule has 0 spiro atoms. The Morgan fingerprint density at radius 2 is 2.22 bits per heavy atom. The fourth-order valence-corrected chi connectivity index (χ4v) is 3.89. The molecule has 2 N–H and O–H groups in total. The summed E-state index contributed by atoms with van der Waals surface area (Å²) in [5, 5.41) is 9.16. The van der Waals surface area contributed by atoms with Crippen LogP contribution in [0.1, 0.15) is 12.0 Å². The molecule has 18 heavy (non-hydrogen) atoms. The van der Waals surface area contributed by atoms with Gasteiger partial charge in [-0.25, -0.2) is 8.42 Å². The molecule has 0 saturated carbocycles. The van der Waals surface area contributed by atoms with E-state index in [1.54, 1.807) is 0 Å². The fraction of sp³-hybridized carbons (Fsp3) is 0.364. The zero-order valence-electron chi connectivity index (χ0n) is 9.51. The minimum absolute atomic E-state index is 0.0142. The van der Waals surface area contributed by atoms with E-state index in [4.69, 9.17) is 22.6 Å². The van der Waals surface area contributed by atoms with Crippen LogP contribution in [0.5, 0.6) is 0 Å². The van der Waals surface area contributed by atoms with E-state index < -0.39 is 10.0 Å². The lowest BCUT2D eigenvalue weighted by atomic mass is 10.2. The van der Waals surface area contributed by atoms with Crippen molar-refractivity contribution in [3.63, 3.8) is 0 Å². The quantitative estimate of drug-likeness (QED) is 0.876. The van der Waals surface area contributed by atoms with E-state index in [0.717, 1.165) is 0 Å². The van der Waals surface area contributed by atoms with E-state index in [1.807, 2.05) is 6.07 Å². The lowest BCUT2D eigenvalue weighted by Gasteiger charge is -2.17. The SMILES string of the molecule is N#Cc1c(Cl)cccc1S(=O)(=O)N1CC[C@@H](N)C1. The van der Waals surface area contributed by atoms with Crippen molar-refractivity contribution in [2.75, 3.05) is 13.1 Å². The van der Waals surface area contributed by atoms with Gasteiger partial charge in [0.2, 0.25) is 10.0 Å². The van der Waals surface area contributed by atoms with Crippen molar-refractivity contribution in [1.82, 2.24) is 4.31 Å². The second kappa shape index (κ2) is 4.86. The molecule has 0 radical (unpaired) electrons. The molecule has 1 saturated heterocycles. The average Bonchev–Trinajstić information content (AvgIpc) is 2.76. The molecule has 0 bridgehead atoms. The second-order valence-corrected chi connectivity index (χ2v) is 6.45. The van der Waals surface area contributed by atoms with Crippen LogP contribution in [0.2, 0.25) is 5.02 Å². The molecule has 1 aromatic rings. The standard InChI is InChI=1S/C11H12ClN3O2S/c12-10-2-1-3-11(9(10)6-13)18(16,17)15-5-4-8(14)7-15/h1-3,8H,4-5,7,14H2/t8-/m1/s1. The summed E-state index contributed by atoms with van der Waals surface area (Å²) in [5.41, 5.74) is 5.69. The van der Waals surface area contributed by atoms with Gasteiger partial charge >= 0.3 is 0 Å². The van der Waals surface area contributed by atoms with E-state index in [1.165, 1.54) is 22.5 Å². The second-order valence-electron chi connectivity index (χ2n) is 4.14. The Balaban J connectivity index is 2.49. The number of sulfonamides is 1. The Hall–Kier alpha value is -1.13. The fourth-order valence-electron chi connectivity index (χ4n) is 1.94. The van der Waals surface area contributed by atoms with Gasteiger partial charge in [0.25, 0.3) is 0 Å². The van der Waals surface area contributed by atoms with Gasteiger partial charge in [0.15, 0.2) is 0 Å².